The average molecular weight is 352 g/mol. The number of carbonyl (C=O) groups is 1. The van der Waals surface area contributed by atoms with Crippen LogP contribution in [0.25, 0.3) is 11.0 Å². The second-order valence-electron chi connectivity index (χ2n) is 5.30. The summed E-state index contributed by atoms with van der Waals surface area (Å²) in [6.45, 7) is 1.86. The molecular weight excluding hydrogens is 334 g/mol. The summed E-state index contributed by atoms with van der Waals surface area (Å²) in [6, 6.07) is 2.43. The molecular formula is C14H18BrN5O. The molecule has 0 unspecified atom stereocenters. The number of primary amides is 1. The number of aromatic amines is 1. The van der Waals surface area contributed by atoms with Gasteiger partial charge in [-0.05, 0) is 41.9 Å². The molecule has 0 radical (unpaired) electrons. The van der Waals surface area contributed by atoms with Crippen LogP contribution >= 0.6 is 15.9 Å². The van der Waals surface area contributed by atoms with Crippen molar-refractivity contribution in [3.05, 3.63) is 22.4 Å². The highest BCUT2D eigenvalue weighted by Crippen LogP contribution is 2.36. The molecule has 0 aromatic carbocycles. The first-order valence-corrected chi connectivity index (χ1v) is 7.79. The lowest BCUT2D eigenvalue weighted by Crippen LogP contribution is -2.44. The van der Waals surface area contributed by atoms with Gasteiger partial charge in [0.05, 0.1) is 10.2 Å². The number of aromatic nitrogens is 2. The van der Waals surface area contributed by atoms with E-state index in [2.05, 4.69) is 36.1 Å². The summed E-state index contributed by atoms with van der Waals surface area (Å²) < 4.78 is 0.679. The summed E-state index contributed by atoms with van der Waals surface area (Å²) in [6.07, 6.45) is 4.10. The first kappa shape index (κ1) is 14.3. The molecule has 2 aromatic heterocycles. The van der Waals surface area contributed by atoms with E-state index in [-0.39, 0.29) is 5.69 Å². The zero-order valence-electron chi connectivity index (χ0n) is 11.8. The fourth-order valence-corrected chi connectivity index (χ4v) is 3.67. The predicted molar refractivity (Wildman–Crippen MR) is 86.6 cm³/mol. The van der Waals surface area contributed by atoms with Gasteiger partial charge in [-0.3, -0.25) is 4.79 Å². The van der Waals surface area contributed by atoms with E-state index in [1.165, 1.54) is 0 Å². The van der Waals surface area contributed by atoms with E-state index in [1.54, 1.807) is 0 Å². The van der Waals surface area contributed by atoms with Crippen LogP contribution < -0.4 is 16.0 Å². The standard InChI is InChI=1S/C14H18BrN5O/c1-17-8-3-2-6-20(7-8)12-9-4-5-18-14(9)19-11(10(12)15)13(16)21/h4-5,8,17H,2-3,6-7H2,1H3,(H2,16,21)(H,18,19)/t8-/m1/s1. The number of fused-ring (bicyclic) bond motifs is 1. The number of nitrogens with zero attached hydrogens (tertiary/aromatic N) is 2. The monoisotopic (exact) mass is 351 g/mol. The van der Waals surface area contributed by atoms with E-state index in [0.29, 0.717) is 16.2 Å². The van der Waals surface area contributed by atoms with Gasteiger partial charge in [0, 0.05) is 30.7 Å². The van der Waals surface area contributed by atoms with Gasteiger partial charge in [0.15, 0.2) is 0 Å². The molecule has 21 heavy (non-hydrogen) atoms. The van der Waals surface area contributed by atoms with Crippen LogP contribution in [0.1, 0.15) is 23.3 Å². The number of piperidine rings is 1. The van der Waals surface area contributed by atoms with Crippen LogP contribution in [0.4, 0.5) is 5.69 Å². The highest BCUT2D eigenvalue weighted by Gasteiger charge is 2.25. The Bertz CT molecular complexity index is 683. The van der Waals surface area contributed by atoms with Gasteiger partial charge in [0.25, 0.3) is 5.91 Å². The molecule has 6 nitrogen and oxygen atoms in total. The smallest absolute Gasteiger partial charge is 0.268 e. The summed E-state index contributed by atoms with van der Waals surface area (Å²) in [5, 5.41) is 4.33. The quantitative estimate of drug-likeness (QED) is 0.783. The molecule has 0 aliphatic carbocycles. The maximum absolute atomic E-state index is 11.6. The molecule has 1 aliphatic rings. The normalized spacial score (nSPS) is 19.1. The molecule has 1 amide bonds. The number of pyridine rings is 1. The Kier molecular flexibility index (Phi) is 3.86. The van der Waals surface area contributed by atoms with E-state index in [4.69, 9.17) is 5.73 Å². The fourth-order valence-electron chi connectivity index (χ4n) is 2.92. The van der Waals surface area contributed by atoms with Crippen LogP contribution in [0.2, 0.25) is 0 Å². The Labute approximate surface area is 131 Å². The zero-order chi connectivity index (χ0) is 15.0. The molecule has 4 N–H and O–H groups in total. The fraction of sp³-hybridized carbons (Fsp3) is 0.429. The van der Waals surface area contributed by atoms with Crippen LogP contribution in [0.15, 0.2) is 16.7 Å². The highest BCUT2D eigenvalue weighted by molar-refractivity contribution is 9.10. The number of hydrogen-bond donors (Lipinski definition) is 3. The molecule has 112 valence electrons. The number of nitrogens with one attached hydrogen (secondary N) is 2. The van der Waals surface area contributed by atoms with Gasteiger partial charge in [0.1, 0.15) is 11.3 Å². The van der Waals surface area contributed by atoms with Crippen molar-refractivity contribution in [2.45, 2.75) is 18.9 Å². The third kappa shape index (κ3) is 2.51. The molecule has 0 spiro atoms. The number of halogens is 1. The van der Waals surface area contributed by atoms with Crippen LogP contribution in [0, 0.1) is 0 Å². The number of anilines is 1. The van der Waals surface area contributed by atoms with Gasteiger partial charge in [-0.2, -0.15) is 0 Å². The van der Waals surface area contributed by atoms with E-state index in [0.717, 1.165) is 37.0 Å². The topological polar surface area (TPSA) is 87.0 Å². The summed E-state index contributed by atoms with van der Waals surface area (Å²) >= 11 is 3.53. The minimum absolute atomic E-state index is 0.270. The molecule has 2 aromatic rings. The largest absolute Gasteiger partial charge is 0.368 e. The molecule has 0 bridgehead atoms. The number of rotatable bonds is 3. The molecule has 1 saturated heterocycles. The lowest BCUT2D eigenvalue weighted by Gasteiger charge is -2.35. The van der Waals surface area contributed by atoms with Gasteiger partial charge in [-0.1, -0.05) is 0 Å². The minimum atomic E-state index is -0.526. The highest BCUT2D eigenvalue weighted by atomic mass is 79.9. The van der Waals surface area contributed by atoms with Crippen molar-refractivity contribution < 1.29 is 4.79 Å². The first-order chi connectivity index (χ1) is 10.1. The van der Waals surface area contributed by atoms with Crippen LogP contribution in [0.5, 0.6) is 0 Å². The number of amides is 1. The van der Waals surface area contributed by atoms with Crippen LogP contribution in [0.3, 0.4) is 0 Å². The van der Waals surface area contributed by atoms with E-state index >= 15 is 0 Å². The molecule has 1 fully saturated rings. The van der Waals surface area contributed by atoms with Gasteiger partial charge in [0.2, 0.25) is 0 Å². The summed E-state index contributed by atoms with van der Waals surface area (Å²) in [4.78, 5) is 21.3. The van der Waals surface area contributed by atoms with Crippen molar-refractivity contribution in [2.24, 2.45) is 5.73 Å². The SMILES string of the molecule is CN[C@@H]1CCCN(c2c(Br)c(C(N)=O)nc3[nH]ccc23)C1. The minimum Gasteiger partial charge on any atom is -0.368 e. The molecule has 1 atom stereocenters. The summed E-state index contributed by atoms with van der Waals surface area (Å²) in [5.74, 6) is -0.526. The van der Waals surface area contributed by atoms with E-state index < -0.39 is 5.91 Å². The number of H-pyrrole nitrogens is 1. The number of nitrogens with two attached hydrogens (primary N) is 1. The van der Waals surface area contributed by atoms with Crippen molar-refractivity contribution in [3.8, 4) is 0 Å². The van der Waals surface area contributed by atoms with Crippen molar-refractivity contribution in [1.82, 2.24) is 15.3 Å². The first-order valence-electron chi connectivity index (χ1n) is 7.00. The predicted octanol–water partition coefficient (Wildman–Crippen LogP) is 1.61. The Morgan fingerprint density at radius 3 is 3.14 bits per heavy atom. The lowest BCUT2D eigenvalue weighted by molar-refractivity contribution is 0.0995. The Hall–Kier alpha value is -1.60. The number of hydrogen-bond acceptors (Lipinski definition) is 4. The van der Waals surface area contributed by atoms with Crippen LogP contribution in [-0.2, 0) is 0 Å². The van der Waals surface area contributed by atoms with E-state index in [1.807, 2.05) is 19.3 Å². The zero-order valence-corrected chi connectivity index (χ0v) is 13.4. The maximum atomic E-state index is 11.6. The van der Waals surface area contributed by atoms with E-state index in [9.17, 15) is 4.79 Å². The van der Waals surface area contributed by atoms with Gasteiger partial charge in [-0.15, -0.1) is 0 Å². The van der Waals surface area contributed by atoms with Crippen LogP contribution in [-0.4, -0.2) is 42.1 Å². The second-order valence-corrected chi connectivity index (χ2v) is 6.09. The van der Waals surface area contributed by atoms with Gasteiger partial charge < -0.3 is 20.9 Å². The summed E-state index contributed by atoms with van der Waals surface area (Å²) in [7, 11) is 1.98. The van der Waals surface area contributed by atoms with Crippen molar-refractivity contribution in [3.63, 3.8) is 0 Å². The van der Waals surface area contributed by atoms with Gasteiger partial charge in [-0.25, -0.2) is 4.98 Å². The van der Waals surface area contributed by atoms with Gasteiger partial charge >= 0.3 is 0 Å². The van der Waals surface area contributed by atoms with Crippen molar-refractivity contribution in [2.75, 3.05) is 25.0 Å². The number of likely N-dealkylation sites (N-methyl/N-ethyl adjacent to an activating group) is 1. The Morgan fingerprint density at radius 1 is 1.62 bits per heavy atom. The average Bonchev–Trinajstić information content (AvgIpc) is 2.94. The van der Waals surface area contributed by atoms with Crippen molar-refractivity contribution in [1.29, 1.82) is 0 Å². The lowest BCUT2D eigenvalue weighted by atomic mass is 10.0. The maximum Gasteiger partial charge on any atom is 0.268 e. The molecule has 3 rings (SSSR count). The molecule has 0 saturated carbocycles. The molecule has 1 aliphatic heterocycles. The third-order valence-electron chi connectivity index (χ3n) is 4.00. The Morgan fingerprint density at radius 2 is 2.43 bits per heavy atom. The molecule has 3 heterocycles. The number of carbonyl (C=O) groups excluding carboxylic acids is 1. The van der Waals surface area contributed by atoms with Crippen molar-refractivity contribution >= 4 is 38.6 Å². The summed E-state index contributed by atoms with van der Waals surface area (Å²) in [5.41, 5.74) is 7.40. The third-order valence-corrected chi connectivity index (χ3v) is 4.75. The molecule has 7 heteroatoms. The Balaban J connectivity index is 2.13. The second kappa shape index (κ2) is 5.65.